The topological polar surface area (TPSA) is 57.7 Å². The summed E-state index contributed by atoms with van der Waals surface area (Å²) >= 11 is 1.68. The molecule has 0 fully saturated rings. The Labute approximate surface area is 251 Å². The highest BCUT2D eigenvalue weighted by atomic mass is 32.2. The predicted molar refractivity (Wildman–Crippen MR) is 171 cm³/mol. The minimum Gasteiger partial charge on any atom is -0.344 e. The summed E-state index contributed by atoms with van der Waals surface area (Å²) in [5, 5.41) is 1.82. The minimum atomic E-state index is -3.73. The highest BCUT2D eigenvalue weighted by molar-refractivity contribution is 7.98. The number of sulfonamides is 1. The van der Waals surface area contributed by atoms with Crippen LogP contribution >= 0.6 is 11.8 Å². The number of carbonyl (C=O) groups excluding carboxylic acids is 1. The summed E-state index contributed by atoms with van der Waals surface area (Å²) in [4.78, 5) is 16.3. The second-order valence-corrected chi connectivity index (χ2v) is 13.4. The zero-order valence-electron chi connectivity index (χ0n) is 24.1. The number of carbonyl (C=O) groups is 1. The van der Waals surface area contributed by atoms with Crippen LogP contribution in [0.4, 0.5) is 4.39 Å². The number of likely N-dealkylation sites (N-methyl/N-ethyl adjacent to an activating group) is 2. The quantitative estimate of drug-likeness (QED) is 0.191. The number of fused-ring (bicyclic) bond motifs is 2. The molecule has 0 radical (unpaired) electrons. The number of halogens is 1. The van der Waals surface area contributed by atoms with Crippen molar-refractivity contribution in [1.29, 1.82) is 0 Å². The van der Waals surface area contributed by atoms with Crippen molar-refractivity contribution >= 4 is 55.7 Å². The number of benzene rings is 4. The van der Waals surface area contributed by atoms with Gasteiger partial charge in [0.15, 0.2) is 0 Å². The molecule has 216 valence electrons. The van der Waals surface area contributed by atoms with Crippen LogP contribution < -0.4 is 0 Å². The molecule has 4 aromatic carbocycles. The Kier molecular flexibility index (Phi) is 8.68. The highest BCUT2D eigenvalue weighted by Gasteiger charge is 2.27. The van der Waals surface area contributed by atoms with Gasteiger partial charge in [0.1, 0.15) is 5.82 Å². The van der Waals surface area contributed by atoms with Crippen LogP contribution in [0.3, 0.4) is 0 Å². The lowest BCUT2D eigenvalue weighted by Crippen LogP contribution is -2.37. The molecule has 1 amide bonds. The second-order valence-electron chi connectivity index (χ2n) is 10.5. The molecule has 0 atom stereocenters. The van der Waals surface area contributed by atoms with Gasteiger partial charge in [-0.2, -0.15) is 4.31 Å². The van der Waals surface area contributed by atoms with Gasteiger partial charge in [0.2, 0.25) is 15.9 Å². The van der Waals surface area contributed by atoms with E-state index in [1.54, 1.807) is 43.1 Å². The number of nitrogens with zero attached hydrogens (tertiary/aromatic N) is 2. The van der Waals surface area contributed by atoms with E-state index in [2.05, 4.69) is 30.3 Å². The first kappa shape index (κ1) is 29.8. The number of thioether (sulfide) groups is 1. The molecule has 1 aliphatic carbocycles. The molecule has 8 heteroatoms. The fourth-order valence-corrected chi connectivity index (χ4v) is 6.78. The van der Waals surface area contributed by atoms with Gasteiger partial charge in [0, 0.05) is 32.1 Å². The van der Waals surface area contributed by atoms with Crippen LogP contribution in [0.1, 0.15) is 30.0 Å². The van der Waals surface area contributed by atoms with Crippen LogP contribution in [-0.4, -0.2) is 57.0 Å². The van der Waals surface area contributed by atoms with Gasteiger partial charge in [0.05, 0.1) is 11.3 Å². The lowest BCUT2D eigenvalue weighted by molar-refractivity contribution is -0.128. The summed E-state index contributed by atoms with van der Waals surface area (Å²) in [5.74, 6) is -0.521. The van der Waals surface area contributed by atoms with Crippen molar-refractivity contribution in [3.63, 3.8) is 0 Å². The maximum absolute atomic E-state index is 14.3. The molecule has 5 nitrogen and oxygen atoms in total. The molecule has 0 N–H and O–H groups in total. The van der Waals surface area contributed by atoms with Crippen LogP contribution in [0.25, 0.3) is 28.0 Å². The van der Waals surface area contributed by atoms with E-state index >= 15 is 0 Å². The number of rotatable bonds is 9. The first-order chi connectivity index (χ1) is 20.1. The number of hydrogen-bond donors (Lipinski definition) is 0. The van der Waals surface area contributed by atoms with Crippen LogP contribution in [0.2, 0.25) is 0 Å². The Morgan fingerprint density at radius 3 is 2.31 bits per heavy atom. The third-order valence-electron chi connectivity index (χ3n) is 7.81. The number of amides is 1. The van der Waals surface area contributed by atoms with Crippen molar-refractivity contribution < 1.29 is 17.6 Å². The van der Waals surface area contributed by atoms with Crippen molar-refractivity contribution in [1.82, 2.24) is 9.21 Å². The molecule has 42 heavy (non-hydrogen) atoms. The van der Waals surface area contributed by atoms with Crippen molar-refractivity contribution in [2.75, 3.05) is 33.4 Å². The van der Waals surface area contributed by atoms with E-state index in [4.69, 9.17) is 0 Å². The molecule has 0 aromatic heterocycles. The summed E-state index contributed by atoms with van der Waals surface area (Å²) in [6, 6.07) is 25.6. The molecular weight excluding hydrogens is 568 g/mol. The van der Waals surface area contributed by atoms with Crippen molar-refractivity contribution in [3.05, 3.63) is 113 Å². The fraction of sp³-hybridized carbons (Fsp3) is 0.206. The van der Waals surface area contributed by atoms with Crippen LogP contribution in [0.15, 0.2) is 100 Å². The van der Waals surface area contributed by atoms with Crippen molar-refractivity contribution in [2.24, 2.45) is 0 Å². The Balaban J connectivity index is 1.31. The summed E-state index contributed by atoms with van der Waals surface area (Å²) < 4.78 is 42.1. The monoisotopic (exact) mass is 600 g/mol. The van der Waals surface area contributed by atoms with E-state index in [-0.39, 0.29) is 36.1 Å². The maximum Gasteiger partial charge on any atom is 0.242 e. The van der Waals surface area contributed by atoms with Crippen LogP contribution in [0.5, 0.6) is 0 Å². The summed E-state index contributed by atoms with van der Waals surface area (Å²) in [6.07, 6.45) is 4.19. The zero-order valence-corrected chi connectivity index (χ0v) is 25.7. The fourth-order valence-electron chi connectivity index (χ4n) is 5.18. The molecule has 0 spiro atoms. The number of allylic oxidation sites excluding steroid dienone is 2. The molecule has 0 aliphatic heterocycles. The molecule has 0 saturated carbocycles. The van der Waals surface area contributed by atoms with Gasteiger partial charge in [0.25, 0.3) is 0 Å². The average molecular weight is 601 g/mol. The van der Waals surface area contributed by atoms with E-state index in [0.29, 0.717) is 0 Å². The average Bonchev–Trinajstić information content (AvgIpc) is 3.24. The molecule has 5 rings (SSSR count). The van der Waals surface area contributed by atoms with E-state index in [1.165, 1.54) is 33.3 Å². The lowest BCUT2D eigenvalue weighted by Gasteiger charge is -2.23. The van der Waals surface area contributed by atoms with Gasteiger partial charge >= 0.3 is 0 Å². The van der Waals surface area contributed by atoms with Gasteiger partial charge in [-0.1, -0.05) is 48.5 Å². The van der Waals surface area contributed by atoms with Crippen molar-refractivity contribution in [2.45, 2.75) is 23.1 Å². The molecular formula is C34H33FN2O3S2. The molecule has 4 aromatic rings. The van der Waals surface area contributed by atoms with Gasteiger partial charge in [-0.3, -0.25) is 4.79 Å². The third-order valence-corrected chi connectivity index (χ3v) is 10.4. The van der Waals surface area contributed by atoms with Crippen molar-refractivity contribution in [3.8, 4) is 0 Å². The largest absolute Gasteiger partial charge is 0.344 e. The highest BCUT2D eigenvalue weighted by Crippen LogP contribution is 2.44. The van der Waals surface area contributed by atoms with Gasteiger partial charge in [-0.15, -0.1) is 11.8 Å². The molecule has 0 heterocycles. The van der Waals surface area contributed by atoms with E-state index < -0.39 is 10.0 Å². The van der Waals surface area contributed by atoms with Gasteiger partial charge in [-0.05, 0) is 99.8 Å². The van der Waals surface area contributed by atoms with E-state index in [0.717, 1.165) is 44.2 Å². The normalized spacial score (nSPS) is 14.2. The maximum atomic E-state index is 14.3. The van der Waals surface area contributed by atoms with E-state index in [1.807, 2.05) is 37.4 Å². The predicted octanol–water partition coefficient (Wildman–Crippen LogP) is 7.20. The standard InChI is InChI=1S/C34H33FN2O3S2/c1-23-31(19-24-9-13-28(41-4)14-10-24)30-16-12-27(35)21-33(30)32(23)22-34(38)36(2)17-18-37(3)42(39,40)29-15-11-25-7-5-6-8-26(25)20-29/h5-16,19-21H,17-18,22H2,1-4H3/b31-19-. The smallest absolute Gasteiger partial charge is 0.242 e. The third kappa shape index (κ3) is 6.07. The number of hydrogen-bond acceptors (Lipinski definition) is 4. The van der Waals surface area contributed by atoms with Crippen LogP contribution in [-0.2, 0) is 14.8 Å². The Morgan fingerprint density at radius 2 is 1.60 bits per heavy atom. The minimum absolute atomic E-state index is 0.0860. The van der Waals surface area contributed by atoms with E-state index in [9.17, 15) is 17.6 Å². The Morgan fingerprint density at radius 1 is 0.881 bits per heavy atom. The van der Waals surface area contributed by atoms with Crippen LogP contribution in [0, 0.1) is 5.82 Å². The Hall–Kier alpha value is -3.72. The zero-order chi connectivity index (χ0) is 30.0. The molecule has 0 bridgehead atoms. The molecule has 0 saturated heterocycles. The lowest BCUT2D eigenvalue weighted by atomic mass is 10.0. The Bertz CT molecular complexity index is 1830. The first-order valence-electron chi connectivity index (χ1n) is 13.6. The summed E-state index contributed by atoms with van der Waals surface area (Å²) in [7, 11) is -0.545. The second kappa shape index (κ2) is 12.3. The van der Waals surface area contributed by atoms with Gasteiger partial charge in [-0.25, -0.2) is 12.8 Å². The SMILES string of the molecule is CSc1ccc(/C=C2/C(C)=C(CC(=O)N(C)CCN(C)S(=O)(=O)c3ccc4ccccc4c3)c3cc(F)ccc32)cc1. The molecule has 1 aliphatic rings. The summed E-state index contributed by atoms with van der Waals surface area (Å²) in [5.41, 5.74) is 5.32. The van der Waals surface area contributed by atoms with Gasteiger partial charge < -0.3 is 4.90 Å². The summed E-state index contributed by atoms with van der Waals surface area (Å²) in [6.45, 7) is 2.32. The first-order valence-corrected chi connectivity index (χ1v) is 16.3. The molecule has 0 unspecified atom stereocenters.